The van der Waals surface area contributed by atoms with Crippen molar-refractivity contribution in [3.63, 3.8) is 0 Å². The van der Waals surface area contributed by atoms with Crippen LogP contribution >= 0.6 is 21.1 Å². The van der Waals surface area contributed by atoms with Gasteiger partial charge >= 0.3 is 0 Å². The van der Waals surface area contributed by atoms with E-state index in [1.807, 2.05) is 45.9 Å². The molecule has 3 N–H and O–H groups in total. The Morgan fingerprint density at radius 3 is 2.59 bits per heavy atom. The lowest BCUT2D eigenvalue weighted by atomic mass is 9.99. The van der Waals surface area contributed by atoms with Crippen molar-refractivity contribution in [1.82, 2.24) is 4.98 Å². The van der Waals surface area contributed by atoms with Crippen LogP contribution in [0, 0.1) is 5.82 Å². The highest BCUT2D eigenvalue weighted by atomic mass is 35.5. The van der Waals surface area contributed by atoms with E-state index in [2.05, 4.69) is 10.3 Å². The third-order valence-electron chi connectivity index (χ3n) is 5.37. The highest BCUT2D eigenvalue weighted by molar-refractivity contribution is 7.10. The summed E-state index contributed by atoms with van der Waals surface area (Å²) in [7, 11) is 3.65. The van der Waals surface area contributed by atoms with Gasteiger partial charge < -0.3 is 24.7 Å². The molecule has 0 fully saturated rings. The number of aliphatic hydroxyl groups is 1. The lowest BCUT2D eigenvalue weighted by molar-refractivity contribution is 0.214. The summed E-state index contributed by atoms with van der Waals surface area (Å²) in [5, 5.41) is 16.0. The Balaban J connectivity index is 1.63. The van der Waals surface area contributed by atoms with E-state index in [4.69, 9.17) is 20.9 Å². The van der Waals surface area contributed by atoms with Crippen LogP contribution in [0.1, 0.15) is 22.9 Å². The van der Waals surface area contributed by atoms with Crippen LogP contribution in [0.5, 0.6) is 11.5 Å². The minimum absolute atomic E-state index is 0.0956. The molecule has 1 aromatic heterocycles. The summed E-state index contributed by atoms with van der Waals surface area (Å²) in [5.74, 6) is 0.342. The third kappa shape index (κ3) is 4.68. The van der Waals surface area contributed by atoms with Crippen LogP contribution < -0.4 is 14.6 Å². The maximum atomic E-state index is 14.2. The SMILES string of the molecule is COc1ccc(NCCc2c(C(O)c3ccc(OP)c(F)c3)[nH]c3ccc(Cl)cc23)cc1. The number of benzene rings is 3. The Hall–Kier alpha value is -2.79. The van der Waals surface area contributed by atoms with Gasteiger partial charge in [0, 0.05) is 28.2 Å². The van der Waals surface area contributed by atoms with Gasteiger partial charge in [0.05, 0.1) is 22.3 Å². The van der Waals surface area contributed by atoms with Gasteiger partial charge in [-0.2, -0.15) is 0 Å². The van der Waals surface area contributed by atoms with E-state index >= 15 is 0 Å². The summed E-state index contributed by atoms with van der Waals surface area (Å²) >= 11 is 6.24. The average Bonchev–Trinajstić information content (AvgIpc) is 3.16. The number of aromatic nitrogens is 1. The molecule has 0 radical (unpaired) electrons. The van der Waals surface area contributed by atoms with Gasteiger partial charge in [0.1, 0.15) is 11.9 Å². The second kappa shape index (κ2) is 9.78. The van der Waals surface area contributed by atoms with Crippen molar-refractivity contribution in [2.75, 3.05) is 19.0 Å². The Kier molecular flexibility index (Phi) is 6.85. The van der Waals surface area contributed by atoms with E-state index < -0.39 is 11.9 Å². The van der Waals surface area contributed by atoms with Crippen molar-refractivity contribution in [3.8, 4) is 11.5 Å². The van der Waals surface area contributed by atoms with E-state index in [0.29, 0.717) is 29.2 Å². The van der Waals surface area contributed by atoms with Gasteiger partial charge in [-0.05, 0) is 72.1 Å². The molecule has 3 aromatic carbocycles. The van der Waals surface area contributed by atoms with Crippen molar-refractivity contribution in [2.45, 2.75) is 12.5 Å². The molecule has 5 nitrogen and oxygen atoms in total. The van der Waals surface area contributed by atoms with Crippen LogP contribution in [0.15, 0.2) is 60.7 Å². The molecule has 2 unspecified atom stereocenters. The number of fused-ring (bicyclic) bond motifs is 1. The maximum absolute atomic E-state index is 14.2. The molecule has 4 aromatic rings. The van der Waals surface area contributed by atoms with Gasteiger partial charge in [-0.1, -0.05) is 17.7 Å². The van der Waals surface area contributed by atoms with Crippen LogP contribution in [0.3, 0.4) is 0 Å². The molecule has 0 aliphatic heterocycles. The number of H-pyrrole nitrogens is 1. The first-order valence-corrected chi connectivity index (χ1v) is 10.9. The minimum atomic E-state index is -1.04. The molecule has 32 heavy (non-hydrogen) atoms. The van der Waals surface area contributed by atoms with Crippen molar-refractivity contribution < 1.29 is 18.8 Å². The highest BCUT2D eigenvalue weighted by Gasteiger charge is 2.21. The second-order valence-corrected chi connectivity index (χ2v) is 7.99. The number of aromatic amines is 1. The quantitative estimate of drug-likeness (QED) is 0.280. The molecule has 0 saturated carbocycles. The summed E-state index contributed by atoms with van der Waals surface area (Å²) in [5.41, 5.74) is 3.77. The fraction of sp³-hybridized carbons (Fsp3) is 0.167. The monoisotopic (exact) mass is 472 g/mol. The van der Waals surface area contributed by atoms with E-state index in [1.54, 1.807) is 19.2 Å². The molecule has 8 heteroatoms. The fourth-order valence-electron chi connectivity index (χ4n) is 3.73. The number of hydrogen-bond acceptors (Lipinski definition) is 4. The zero-order valence-electron chi connectivity index (χ0n) is 17.4. The summed E-state index contributed by atoms with van der Waals surface area (Å²) in [6, 6.07) is 17.6. The van der Waals surface area contributed by atoms with Crippen LogP contribution in [-0.4, -0.2) is 23.7 Å². The number of methoxy groups -OCH3 is 1. The van der Waals surface area contributed by atoms with E-state index in [1.165, 1.54) is 12.1 Å². The summed E-state index contributed by atoms with van der Waals surface area (Å²) in [6.45, 7) is 0.625. The zero-order valence-corrected chi connectivity index (χ0v) is 19.3. The smallest absolute Gasteiger partial charge is 0.165 e. The number of ether oxygens (including phenoxy) is 1. The zero-order chi connectivity index (χ0) is 22.7. The number of halogens is 2. The van der Waals surface area contributed by atoms with Gasteiger partial charge in [0.15, 0.2) is 11.6 Å². The van der Waals surface area contributed by atoms with Crippen molar-refractivity contribution in [1.29, 1.82) is 0 Å². The predicted octanol–water partition coefficient (Wildman–Crippen LogP) is 5.87. The van der Waals surface area contributed by atoms with Crippen molar-refractivity contribution >= 4 is 37.7 Å². The molecule has 0 bridgehead atoms. The fourth-order valence-corrected chi connectivity index (χ4v) is 4.10. The Morgan fingerprint density at radius 1 is 1.12 bits per heavy atom. The first-order chi connectivity index (χ1) is 15.5. The first-order valence-electron chi connectivity index (χ1n) is 10.0. The summed E-state index contributed by atoms with van der Waals surface area (Å²) < 4.78 is 24.3. The Labute approximate surface area is 192 Å². The number of anilines is 1. The van der Waals surface area contributed by atoms with Crippen molar-refractivity contribution in [2.24, 2.45) is 0 Å². The van der Waals surface area contributed by atoms with Gasteiger partial charge in [-0.25, -0.2) is 4.39 Å². The number of nitrogens with one attached hydrogen (secondary N) is 2. The minimum Gasteiger partial charge on any atom is -0.497 e. The van der Waals surface area contributed by atoms with Crippen LogP contribution in [0.2, 0.25) is 5.02 Å². The molecule has 166 valence electrons. The molecule has 0 spiro atoms. The topological polar surface area (TPSA) is 66.5 Å². The lowest BCUT2D eigenvalue weighted by Gasteiger charge is -2.14. The Bertz CT molecular complexity index is 1230. The van der Waals surface area contributed by atoms with Gasteiger partial charge in [0.25, 0.3) is 0 Å². The summed E-state index contributed by atoms with van der Waals surface area (Å²) in [6.07, 6.45) is -0.418. The highest BCUT2D eigenvalue weighted by Crippen LogP contribution is 2.34. The maximum Gasteiger partial charge on any atom is 0.165 e. The number of rotatable bonds is 8. The summed E-state index contributed by atoms with van der Waals surface area (Å²) in [4.78, 5) is 3.29. The van der Waals surface area contributed by atoms with Gasteiger partial charge in [-0.15, -0.1) is 0 Å². The predicted molar refractivity (Wildman–Crippen MR) is 129 cm³/mol. The van der Waals surface area contributed by atoms with Crippen LogP contribution in [0.25, 0.3) is 10.9 Å². The van der Waals surface area contributed by atoms with Crippen molar-refractivity contribution in [3.05, 3.63) is 88.3 Å². The van der Waals surface area contributed by atoms with Crippen LogP contribution in [-0.2, 0) is 6.42 Å². The average molecular weight is 473 g/mol. The van der Waals surface area contributed by atoms with Crippen LogP contribution in [0.4, 0.5) is 10.1 Å². The van der Waals surface area contributed by atoms with E-state index in [9.17, 15) is 9.50 Å². The van der Waals surface area contributed by atoms with Gasteiger partial charge in [0.2, 0.25) is 0 Å². The molecule has 0 saturated heterocycles. The van der Waals surface area contributed by atoms with E-state index in [0.717, 1.165) is 27.9 Å². The normalized spacial score (nSPS) is 12.0. The molecule has 2 atom stereocenters. The molecule has 0 aliphatic carbocycles. The third-order valence-corrected chi connectivity index (χ3v) is 5.86. The molecule has 0 amide bonds. The van der Waals surface area contributed by atoms with E-state index in [-0.39, 0.29) is 5.75 Å². The molecule has 0 aliphatic rings. The molecular weight excluding hydrogens is 450 g/mol. The van der Waals surface area contributed by atoms with Gasteiger partial charge in [-0.3, -0.25) is 0 Å². The Morgan fingerprint density at radius 2 is 1.91 bits per heavy atom. The largest absolute Gasteiger partial charge is 0.497 e. The molecule has 4 rings (SSSR count). The standard InChI is InChI=1S/C24H23ClFN2O3P/c1-30-17-6-4-16(5-7-17)27-11-10-18-19-13-15(25)3-8-21(19)28-23(18)24(29)14-2-9-22(31-32)20(26)12-14/h2-9,12-13,24,27-29H,10-11,32H2,1H3. The molecular formula is C24H23ClFN2O3P. The number of aliphatic hydroxyl groups excluding tert-OH is 1. The number of hydrogen-bond donors (Lipinski definition) is 3. The molecule has 1 heterocycles. The lowest BCUT2D eigenvalue weighted by Crippen LogP contribution is -2.09. The second-order valence-electron chi connectivity index (χ2n) is 7.32. The first kappa shape index (κ1) is 22.4.